The molecule has 0 aromatic heterocycles. The van der Waals surface area contributed by atoms with Gasteiger partial charge in [-0.15, -0.1) is 0 Å². The third-order valence-electron chi connectivity index (χ3n) is 3.69. The maximum atomic E-state index is 2.59. The van der Waals surface area contributed by atoms with Crippen molar-refractivity contribution in [3.63, 3.8) is 0 Å². The molecule has 1 heterocycles. The van der Waals surface area contributed by atoms with E-state index in [0.29, 0.717) is 0 Å². The number of nitrogens with zero attached hydrogens (tertiary/aromatic N) is 2. The number of hydrogen-bond acceptors (Lipinski definition) is 2. The zero-order chi connectivity index (χ0) is 12.1. The van der Waals surface area contributed by atoms with Gasteiger partial charge in [-0.2, -0.15) is 0 Å². The van der Waals surface area contributed by atoms with E-state index in [9.17, 15) is 0 Å². The van der Waals surface area contributed by atoms with Crippen LogP contribution in [-0.4, -0.2) is 42.5 Å². The second-order valence-corrected chi connectivity index (χ2v) is 5.14. The Kier molecular flexibility index (Phi) is 4.57. The summed E-state index contributed by atoms with van der Waals surface area (Å²) in [6, 6.07) is 11.5. The van der Waals surface area contributed by atoms with Gasteiger partial charge in [-0.1, -0.05) is 37.3 Å². The van der Waals surface area contributed by atoms with Gasteiger partial charge in [0.1, 0.15) is 0 Å². The first kappa shape index (κ1) is 12.6. The minimum absolute atomic E-state index is 0.738. The largest absolute Gasteiger partial charge is 0.302 e. The number of likely N-dealkylation sites (tertiary alicyclic amines) is 1. The quantitative estimate of drug-likeness (QED) is 0.770. The molecular formula is C15H24N2. The van der Waals surface area contributed by atoms with Crippen molar-refractivity contribution in [3.8, 4) is 0 Å². The fourth-order valence-electron chi connectivity index (χ4n) is 2.69. The molecule has 1 atom stereocenters. The fraction of sp³-hybridized carbons (Fsp3) is 0.600. The number of benzene rings is 1. The normalized spacial score (nSPS) is 21.2. The first-order valence-corrected chi connectivity index (χ1v) is 6.76. The van der Waals surface area contributed by atoms with E-state index in [1.165, 1.54) is 38.0 Å². The van der Waals surface area contributed by atoms with Crippen molar-refractivity contribution in [2.24, 2.45) is 0 Å². The maximum Gasteiger partial charge on any atom is 0.0235 e. The van der Waals surface area contributed by atoms with Crippen LogP contribution < -0.4 is 0 Å². The summed E-state index contributed by atoms with van der Waals surface area (Å²) in [4.78, 5) is 5.09. The highest BCUT2D eigenvalue weighted by Crippen LogP contribution is 2.16. The highest BCUT2D eigenvalue weighted by Gasteiger charge is 2.24. The minimum Gasteiger partial charge on any atom is -0.302 e. The summed E-state index contributed by atoms with van der Waals surface area (Å²) in [6.45, 7) is 7.12. The van der Waals surface area contributed by atoms with Crippen molar-refractivity contribution in [1.29, 1.82) is 0 Å². The van der Waals surface area contributed by atoms with Crippen molar-refractivity contribution in [3.05, 3.63) is 35.9 Å². The Balaban J connectivity index is 1.83. The number of likely N-dealkylation sites (N-methyl/N-ethyl adjacent to an activating group) is 1. The molecule has 2 nitrogen and oxygen atoms in total. The Morgan fingerprint density at radius 1 is 1.29 bits per heavy atom. The first-order chi connectivity index (χ1) is 8.29. The summed E-state index contributed by atoms with van der Waals surface area (Å²) in [5.74, 6) is 0. The molecule has 1 saturated heterocycles. The molecule has 0 N–H and O–H groups in total. The molecule has 2 rings (SSSR count). The van der Waals surface area contributed by atoms with Gasteiger partial charge in [-0.25, -0.2) is 0 Å². The van der Waals surface area contributed by atoms with E-state index in [0.717, 1.165) is 12.6 Å². The molecule has 0 amide bonds. The molecule has 1 aliphatic rings. The summed E-state index contributed by atoms with van der Waals surface area (Å²) in [5.41, 5.74) is 1.42. The maximum absolute atomic E-state index is 2.59. The Morgan fingerprint density at radius 2 is 2.06 bits per heavy atom. The van der Waals surface area contributed by atoms with E-state index in [2.05, 4.69) is 54.1 Å². The number of hydrogen-bond donors (Lipinski definition) is 0. The van der Waals surface area contributed by atoms with Crippen LogP contribution in [0.1, 0.15) is 25.3 Å². The van der Waals surface area contributed by atoms with Gasteiger partial charge in [0, 0.05) is 19.1 Å². The average molecular weight is 232 g/mol. The lowest BCUT2D eigenvalue weighted by atomic mass is 10.1. The zero-order valence-corrected chi connectivity index (χ0v) is 11.1. The summed E-state index contributed by atoms with van der Waals surface area (Å²) in [6.07, 6.45) is 2.60. The zero-order valence-electron chi connectivity index (χ0n) is 11.1. The van der Waals surface area contributed by atoms with Gasteiger partial charge in [-0.3, -0.25) is 4.90 Å². The Bertz CT molecular complexity index is 323. The van der Waals surface area contributed by atoms with E-state index in [4.69, 9.17) is 0 Å². The van der Waals surface area contributed by atoms with Gasteiger partial charge < -0.3 is 4.90 Å². The van der Waals surface area contributed by atoms with Crippen LogP contribution in [-0.2, 0) is 6.54 Å². The monoisotopic (exact) mass is 232 g/mol. The van der Waals surface area contributed by atoms with E-state index < -0.39 is 0 Å². The topological polar surface area (TPSA) is 6.48 Å². The fourth-order valence-corrected chi connectivity index (χ4v) is 2.69. The van der Waals surface area contributed by atoms with Crippen LogP contribution in [0.4, 0.5) is 0 Å². The van der Waals surface area contributed by atoms with Gasteiger partial charge in [0.05, 0.1) is 0 Å². The van der Waals surface area contributed by atoms with Crippen LogP contribution in [0, 0.1) is 0 Å². The second-order valence-electron chi connectivity index (χ2n) is 5.14. The molecule has 1 unspecified atom stereocenters. The van der Waals surface area contributed by atoms with Crippen molar-refractivity contribution in [2.45, 2.75) is 32.4 Å². The third-order valence-corrected chi connectivity index (χ3v) is 3.69. The number of rotatable bonds is 5. The van der Waals surface area contributed by atoms with Gasteiger partial charge >= 0.3 is 0 Å². The summed E-state index contributed by atoms with van der Waals surface area (Å²) < 4.78 is 0. The molecule has 1 aliphatic heterocycles. The Hall–Kier alpha value is -0.860. The first-order valence-electron chi connectivity index (χ1n) is 6.76. The summed E-state index contributed by atoms with van der Waals surface area (Å²) in [5, 5.41) is 0. The SMILES string of the molecule is CCCN1CCC(N(C)Cc2ccccc2)C1. The minimum atomic E-state index is 0.738. The van der Waals surface area contributed by atoms with Crippen LogP contribution in [0.15, 0.2) is 30.3 Å². The predicted octanol–water partition coefficient (Wildman–Crippen LogP) is 2.60. The van der Waals surface area contributed by atoms with E-state index in [-0.39, 0.29) is 0 Å². The molecule has 0 aliphatic carbocycles. The van der Waals surface area contributed by atoms with Crippen molar-refractivity contribution >= 4 is 0 Å². The van der Waals surface area contributed by atoms with Crippen molar-refractivity contribution < 1.29 is 0 Å². The smallest absolute Gasteiger partial charge is 0.0235 e. The lowest BCUT2D eigenvalue weighted by Crippen LogP contribution is -2.34. The highest BCUT2D eigenvalue weighted by atomic mass is 15.2. The van der Waals surface area contributed by atoms with Gasteiger partial charge in [0.15, 0.2) is 0 Å². The van der Waals surface area contributed by atoms with E-state index in [1.807, 2.05) is 0 Å². The molecule has 94 valence electrons. The Labute approximate surface area is 105 Å². The lowest BCUT2D eigenvalue weighted by Gasteiger charge is -2.24. The average Bonchev–Trinajstić information content (AvgIpc) is 2.79. The van der Waals surface area contributed by atoms with Crippen molar-refractivity contribution in [1.82, 2.24) is 9.80 Å². The molecule has 0 spiro atoms. The summed E-state index contributed by atoms with van der Waals surface area (Å²) >= 11 is 0. The van der Waals surface area contributed by atoms with Gasteiger partial charge in [-0.05, 0) is 38.5 Å². The molecular weight excluding hydrogens is 208 g/mol. The molecule has 1 aromatic rings. The predicted molar refractivity (Wildman–Crippen MR) is 73.0 cm³/mol. The molecule has 0 bridgehead atoms. The molecule has 1 aromatic carbocycles. The highest BCUT2D eigenvalue weighted by molar-refractivity contribution is 5.14. The van der Waals surface area contributed by atoms with Crippen LogP contribution >= 0.6 is 0 Å². The second kappa shape index (κ2) is 6.18. The molecule has 17 heavy (non-hydrogen) atoms. The van der Waals surface area contributed by atoms with Crippen LogP contribution in [0.5, 0.6) is 0 Å². The van der Waals surface area contributed by atoms with E-state index >= 15 is 0 Å². The molecule has 1 fully saturated rings. The van der Waals surface area contributed by atoms with Crippen LogP contribution in [0.3, 0.4) is 0 Å². The van der Waals surface area contributed by atoms with Gasteiger partial charge in [0.2, 0.25) is 0 Å². The van der Waals surface area contributed by atoms with Crippen molar-refractivity contribution in [2.75, 3.05) is 26.7 Å². The summed E-state index contributed by atoms with van der Waals surface area (Å²) in [7, 11) is 2.26. The van der Waals surface area contributed by atoms with Crippen LogP contribution in [0.2, 0.25) is 0 Å². The Morgan fingerprint density at radius 3 is 2.76 bits per heavy atom. The molecule has 2 heteroatoms. The third kappa shape index (κ3) is 3.55. The standard InChI is InChI=1S/C15H24N2/c1-3-10-17-11-9-15(13-17)16(2)12-14-7-5-4-6-8-14/h4-8,15H,3,9-13H2,1-2H3. The van der Waals surface area contributed by atoms with E-state index in [1.54, 1.807) is 0 Å². The molecule has 0 saturated carbocycles. The molecule has 0 radical (unpaired) electrons. The lowest BCUT2D eigenvalue weighted by molar-refractivity contribution is 0.225. The van der Waals surface area contributed by atoms with Crippen LogP contribution in [0.25, 0.3) is 0 Å². The van der Waals surface area contributed by atoms with Gasteiger partial charge in [0.25, 0.3) is 0 Å².